The average Bonchev–Trinajstić information content (AvgIpc) is 3.11. The molecule has 0 aliphatic carbocycles. The summed E-state index contributed by atoms with van der Waals surface area (Å²) in [4.78, 5) is 4.68. The van der Waals surface area contributed by atoms with Crippen molar-refractivity contribution in [1.82, 2.24) is 24.8 Å². The first-order valence-corrected chi connectivity index (χ1v) is 6.92. The molecule has 6 nitrogen and oxygen atoms in total. The van der Waals surface area contributed by atoms with E-state index in [9.17, 15) is 0 Å². The predicted octanol–water partition coefficient (Wildman–Crippen LogP) is 1.17. The molecule has 0 amide bonds. The molecule has 3 heterocycles. The van der Waals surface area contributed by atoms with E-state index in [-0.39, 0.29) is 0 Å². The molecule has 0 unspecified atom stereocenters. The molecule has 6 heteroatoms. The van der Waals surface area contributed by atoms with E-state index in [1.54, 1.807) is 12.5 Å². The number of hydrogen-bond acceptors (Lipinski definition) is 5. The van der Waals surface area contributed by atoms with Crippen LogP contribution in [-0.2, 0) is 6.54 Å². The van der Waals surface area contributed by atoms with Gasteiger partial charge in [-0.15, -0.1) is 5.10 Å². The van der Waals surface area contributed by atoms with Gasteiger partial charge >= 0.3 is 0 Å². The molecule has 108 valence electrons. The number of furan rings is 1. The highest BCUT2D eigenvalue weighted by atomic mass is 16.3. The van der Waals surface area contributed by atoms with Crippen LogP contribution < -0.4 is 0 Å². The second-order valence-electron chi connectivity index (χ2n) is 5.70. The van der Waals surface area contributed by atoms with Gasteiger partial charge in [0.05, 0.1) is 25.0 Å². The van der Waals surface area contributed by atoms with E-state index in [1.165, 1.54) is 5.56 Å². The van der Waals surface area contributed by atoms with E-state index in [0.717, 1.165) is 25.4 Å². The Hall–Kier alpha value is -1.66. The minimum absolute atomic E-state index is 0.336. The second-order valence-corrected chi connectivity index (χ2v) is 5.70. The van der Waals surface area contributed by atoms with Crippen LogP contribution in [-0.4, -0.2) is 58.0 Å². The third-order valence-corrected chi connectivity index (χ3v) is 4.11. The lowest BCUT2D eigenvalue weighted by molar-refractivity contribution is 0.234. The highest BCUT2D eigenvalue weighted by molar-refractivity contribution is 5.14. The first-order valence-electron chi connectivity index (χ1n) is 6.92. The standard InChI is InChI=1S/C14H21N5O/c1-11-4-7-20-14(11)10-18-8-12(17(2)3)13(9-18)19-6-5-15-16-19/h4-7,12-13H,8-10H2,1-3H3/t12-,13+/m1/s1. The van der Waals surface area contributed by atoms with E-state index in [1.807, 2.05) is 16.9 Å². The van der Waals surface area contributed by atoms with Gasteiger partial charge < -0.3 is 9.32 Å². The van der Waals surface area contributed by atoms with Crippen molar-refractivity contribution in [3.05, 3.63) is 36.0 Å². The van der Waals surface area contributed by atoms with E-state index >= 15 is 0 Å². The molecule has 0 bridgehead atoms. The summed E-state index contributed by atoms with van der Waals surface area (Å²) in [6, 6.07) is 2.79. The van der Waals surface area contributed by atoms with Crippen molar-refractivity contribution >= 4 is 0 Å². The molecule has 1 aliphatic rings. The third kappa shape index (κ3) is 2.48. The summed E-state index contributed by atoms with van der Waals surface area (Å²) in [6.07, 6.45) is 5.45. The number of aryl methyl sites for hydroxylation is 1. The molecule has 0 radical (unpaired) electrons. The molecule has 2 aromatic heterocycles. The zero-order chi connectivity index (χ0) is 14.1. The number of rotatable bonds is 4. The molecule has 1 saturated heterocycles. The van der Waals surface area contributed by atoms with Crippen LogP contribution in [0.5, 0.6) is 0 Å². The Kier molecular flexibility index (Phi) is 3.58. The Balaban J connectivity index is 1.75. The molecule has 1 aliphatic heterocycles. The molecule has 3 rings (SSSR count). The normalized spacial score (nSPS) is 23.8. The zero-order valence-corrected chi connectivity index (χ0v) is 12.2. The van der Waals surface area contributed by atoms with Crippen LogP contribution >= 0.6 is 0 Å². The van der Waals surface area contributed by atoms with Crippen molar-refractivity contribution in [3.63, 3.8) is 0 Å². The maximum atomic E-state index is 5.56. The fourth-order valence-electron chi connectivity index (χ4n) is 2.91. The van der Waals surface area contributed by atoms with Gasteiger partial charge in [-0.2, -0.15) is 0 Å². The van der Waals surface area contributed by atoms with Crippen LogP contribution in [0.1, 0.15) is 17.4 Å². The minimum Gasteiger partial charge on any atom is -0.468 e. The lowest BCUT2D eigenvalue weighted by Crippen LogP contribution is -2.36. The zero-order valence-electron chi connectivity index (χ0n) is 12.2. The summed E-state index contributed by atoms with van der Waals surface area (Å²) in [5.74, 6) is 1.06. The average molecular weight is 275 g/mol. The molecule has 2 aromatic rings. The summed E-state index contributed by atoms with van der Waals surface area (Å²) in [5.41, 5.74) is 1.22. The van der Waals surface area contributed by atoms with Crippen molar-refractivity contribution in [2.75, 3.05) is 27.2 Å². The largest absolute Gasteiger partial charge is 0.468 e. The fourth-order valence-corrected chi connectivity index (χ4v) is 2.91. The highest BCUT2D eigenvalue weighted by Gasteiger charge is 2.36. The lowest BCUT2D eigenvalue weighted by atomic mass is 10.1. The van der Waals surface area contributed by atoms with Gasteiger partial charge in [0.15, 0.2) is 0 Å². The van der Waals surface area contributed by atoms with Gasteiger partial charge in [-0.25, -0.2) is 4.68 Å². The number of aromatic nitrogens is 3. The van der Waals surface area contributed by atoms with E-state index in [4.69, 9.17) is 4.42 Å². The summed E-state index contributed by atoms with van der Waals surface area (Å²) in [6.45, 7) is 4.92. The van der Waals surface area contributed by atoms with Gasteiger partial charge in [-0.1, -0.05) is 5.21 Å². The molecule has 0 aromatic carbocycles. The Bertz CT molecular complexity index is 548. The van der Waals surface area contributed by atoms with Crippen LogP contribution in [0.3, 0.4) is 0 Å². The summed E-state index contributed by atoms with van der Waals surface area (Å²) in [7, 11) is 4.24. The van der Waals surface area contributed by atoms with Gasteiger partial charge in [0, 0.05) is 25.3 Å². The van der Waals surface area contributed by atoms with Crippen molar-refractivity contribution in [2.24, 2.45) is 0 Å². The van der Waals surface area contributed by atoms with Crippen molar-refractivity contribution in [2.45, 2.75) is 25.6 Å². The Morgan fingerprint density at radius 1 is 1.40 bits per heavy atom. The Morgan fingerprint density at radius 2 is 2.25 bits per heavy atom. The van der Waals surface area contributed by atoms with E-state index in [2.05, 4.69) is 41.1 Å². The molecule has 20 heavy (non-hydrogen) atoms. The Labute approximate surface area is 119 Å². The van der Waals surface area contributed by atoms with Crippen LogP contribution in [0.4, 0.5) is 0 Å². The first kappa shape index (κ1) is 13.3. The van der Waals surface area contributed by atoms with Crippen LogP contribution in [0.25, 0.3) is 0 Å². The molecule has 0 saturated carbocycles. The van der Waals surface area contributed by atoms with Crippen LogP contribution in [0.15, 0.2) is 29.1 Å². The predicted molar refractivity (Wildman–Crippen MR) is 75.3 cm³/mol. The number of hydrogen-bond donors (Lipinski definition) is 0. The molecule has 2 atom stereocenters. The number of likely N-dealkylation sites (tertiary alicyclic amines) is 1. The van der Waals surface area contributed by atoms with Gasteiger partial charge in [0.2, 0.25) is 0 Å². The van der Waals surface area contributed by atoms with Crippen LogP contribution in [0.2, 0.25) is 0 Å². The van der Waals surface area contributed by atoms with E-state index < -0.39 is 0 Å². The molecule has 0 N–H and O–H groups in total. The van der Waals surface area contributed by atoms with Gasteiger partial charge in [-0.05, 0) is 32.6 Å². The summed E-state index contributed by atoms with van der Waals surface area (Å²) < 4.78 is 7.53. The van der Waals surface area contributed by atoms with Crippen molar-refractivity contribution < 1.29 is 4.42 Å². The second kappa shape index (κ2) is 5.38. The van der Waals surface area contributed by atoms with Crippen molar-refractivity contribution in [3.8, 4) is 0 Å². The number of likely N-dealkylation sites (N-methyl/N-ethyl adjacent to an activating group) is 1. The quantitative estimate of drug-likeness (QED) is 0.838. The molecular formula is C14H21N5O. The smallest absolute Gasteiger partial charge is 0.120 e. The third-order valence-electron chi connectivity index (χ3n) is 4.11. The number of nitrogens with zero attached hydrogens (tertiary/aromatic N) is 5. The monoisotopic (exact) mass is 275 g/mol. The molecule has 1 fully saturated rings. The maximum Gasteiger partial charge on any atom is 0.120 e. The molecule has 0 spiro atoms. The Morgan fingerprint density at radius 3 is 2.85 bits per heavy atom. The fraction of sp³-hybridized carbons (Fsp3) is 0.571. The molecular weight excluding hydrogens is 254 g/mol. The van der Waals surface area contributed by atoms with Crippen molar-refractivity contribution in [1.29, 1.82) is 0 Å². The van der Waals surface area contributed by atoms with Crippen LogP contribution in [0, 0.1) is 6.92 Å². The van der Waals surface area contributed by atoms with Gasteiger partial charge in [-0.3, -0.25) is 4.90 Å². The van der Waals surface area contributed by atoms with Gasteiger partial charge in [0.1, 0.15) is 5.76 Å². The lowest BCUT2D eigenvalue weighted by Gasteiger charge is -2.24. The first-order chi connectivity index (χ1) is 9.65. The minimum atomic E-state index is 0.336. The maximum absolute atomic E-state index is 5.56. The SMILES string of the molecule is Cc1ccoc1CN1C[C@@H](N(C)C)[C@@H](n2ccnn2)C1. The summed E-state index contributed by atoms with van der Waals surface area (Å²) in [5, 5.41) is 8.10. The summed E-state index contributed by atoms with van der Waals surface area (Å²) >= 11 is 0. The highest BCUT2D eigenvalue weighted by Crippen LogP contribution is 2.26. The van der Waals surface area contributed by atoms with E-state index in [0.29, 0.717) is 12.1 Å². The van der Waals surface area contributed by atoms with Gasteiger partial charge in [0.25, 0.3) is 0 Å². The topological polar surface area (TPSA) is 50.3 Å².